The van der Waals surface area contributed by atoms with Gasteiger partial charge in [-0.2, -0.15) is 0 Å². The second-order valence-corrected chi connectivity index (χ2v) is 7.08. The highest BCUT2D eigenvalue weighted by Gasteiger charge is 2.25. The number of likely N-dealkylation sites (tertiary alicyclic amines) is 1. The zero-order chi connectivity index (χ0) is 19.2. The molecule has 3 rings (SSSR count). The predicted octanol–water partition coefficient (Wildman–Crippen LogP) is 3.81. The monoisotopic (exact) mass is 368 g/mol. The van der Waals surface area contributed by atoms with E-state index in [0.717, 1.165) is 54.2 Å². The molecular weight excluding hydrogens is 340 g/mol. The van der Waals surface area contributed by atoms with Gasteiger partial charge in [-0.15, -0.1) is 0 Å². The van der Waals surface area contributed by atoms with Crippen molar-refractivity contribution in [3.63, 3.8) is 0 Å². The third-order valence-corrected chi connectivity index (χ3v) is 5.09. The molecule has 1 aromatic carbocycles. The molecular formula is C22H28N2O3. The zero-order valence-corrected chi connectivity index (χ0v) is 16.4. The number of aryl methyl sites for hydroxylation is 1. The third-order valence-electron chi connectivity index (χ3n) is 5.09. The van der Waals surface area contributed by atoms with Crippen LogP contribution in [0.3, 0.4) is 0 Å². The molecule has 1 saturated heterocycles. The molecule has 1 fully saturated rings. The Bertz CT molecular complexity index is 791. The summed E-state index contributed by atoms with van der Waals surface area (Å²) >= 11 is 0. The summed E-state index contributed by atoms with van der Waals surface area (Å²) < 4.78 is 10.4. The van der Waals surface area contributed by atoms with Crippen molar-refractivity contribution in [3.05, 3.63) is 47.8 Å². The molecule has 27 heavy (non-hydrogen) atoms. The molecule has 0 saturated carbocycles. The number of ether oxygens (including phenoxy) is 2. The van der Waals surface area contributed by atoms with E-state index >= 15 is 0 Å². The van der Waals surface area contributed by atoms with E-state index in [0.29, 0.717) is 13.0 Å². The lowest BCUT2D eigenvalue weighted by atomic mass is 9.92. The number of amides is 1. The molecule has 0 spiro atoms. The van der Waals surface area contributed by atoms with Gasteiger partial charge in [0.1, 0.15) is 5.75 Å². The van der Waals surface area contributed by atoms with E-state index in [4.69, 9.17) is 14.5 Å². The normalized spacial score (nSPS) is 17.0. The lowest BCUT2D eigenvalue weighted by Crippen LogP contribution is -2.39. The molecule has 1 aromatic heterocycles. The molecule has 0 bridgehead atoms. The molecule has 2 aromatic rings. The summed E-state index contributed by atoms with van der Waals surface area (Å²) in [6, 6.07) is 12.3. The van der Waals surface area contributed by atoms with Crippen LogP contribution in [0.1, 0.15) is 36.6 Å². The zero-order valence-electron chi connectivity index (χ0n) is 16.4. The number of hydrogen-bond donors (Lipinski definition) is 0. The van der Waals surface area contributed by atoms with E-state index in [1.54, 1.807) is 14.2 Å². The van der Waals surface area contributed by atoms with Gasteiger partial charge in [-0.3, -0.25) is 9.78 Å². The SMILES string of the molecule is COCCC(=O)N1CCC[C@@H](c2cc(-c3cccc(OC)c3)cc(C)n2)C1. The average Bonchev–Trinajstić information content (AvgIpc) is 2.71. The van der Waals surface area contributed by atoms with Crippen LogP contribution in [0.25, 0.3) is 11.1 Å². The van der Waals surface area contributed by atoms with Crippen LogP contribution in [-0.2, 0) is 9.53 Å². The van der Waals surface area contributed by atoms with Crippen molar-refractivity contribution in [2.45, 2.75) is 32.1 Å². The topological polar surface area (TPSA) is 51.7 Å². The van der Waals surface area contributed by atoms with Gasteiger partial charge in [-0.05, 0) is 55.2 Å². The molecule has 5 heteroatoms. The Morgan fingerprint density at radius 3 is 2.85 bits per heavy atom. The van der Waals surface area contributed by atoms with Gasteiger partial charge < -0.3 is 14.4 Å². The van der Waals surface area contributed by atoms with Crippen molar-refractivity contribution in [1.29, 1.82) is 0 Å². The van der Waals surface area contributed by atoms with E-state index in [1.165, 1.54) is 0 Å². The number of methoxy groups -OCH3 is 2. The predicted molar refractivity (Wildman–Crippen MR) is 106 cm³/mol. The number of carbonyl (C=O) groups is 1. The molecule has 1 atom stereocenters. The average molecular weight is 368 g/mol. The second-order valence-electron chi connectivity index (χ2n) is 7.08. The summed E-state index contributed by atoms with van der Waals surface area (Å²) in [6.45, 7) is 4.06. The first-order valence-electron chi connectivity index (χ1n) is 9.50. The number of pyridine rings is 1. The van der Waals surface area contributed by atoms with Crippen molar-refractivity contribution in [2.24, 2.45) is 0 Å². The highest BCUT2D eigenvalue weighted by molar-refractivity contribution is 5.76. The fourth-order valence-corrected chi connectivity index (χ4v) is 3.67. The fraction of sp³-hybridized carbons (Fsp3) is 0.455. The van der Waals surface area contributed by atoms with Crippen molar-refractivity contribution in [1.82, 2.24) is 9.88 Å². The maximum Gasteiger partial charge on any atom is 0.224 e. The molecule has 1 aliphatic rings. The third kappa shape index (κ3) is 4.86. The number of hydrogen-bond acceptors (Lipinski definition) is 4. The Balaban J connectivity index is 1.82. The highest BCUT2D eigenvalue weighted by atomic mass is 16.5. The molecule has 1 amide bonds. The van der Waals surface area contributed by atoms with Gasteiger partial charge in [0.25, 0.3) is 0 Å². The Morgan fingerprint density at radius 1 is 1.22 bits per heavy atom. The molecule has 5 nitrogen and oxygen atoms in total. The van der Waals surface area contributed by atoms with Gasteiger partial charge in [0.05, 0.1) is 20.1 Å². The van der Waals surface area contributed by atoms with E-state index in [-0.39, 0.29) is 11.8 Å². The summed E-state index contributed by atoms with van der Waals surface area (Å²) in [5.41, 5.74) is 4.31. The van der Waals surface area contributed by atoms with Crippen molar-refractivity contribution in [2.75, 3.05) is 33.9 Å². The first kappa shape index (κ1) is 19.4. The van der Waals surface area contributed by atoms with Crippen LogP contribution in [0.15, 0.2) is 36.4 Å². The number of aromatic nitrogens is 1. The molecule has 144 valence electrons. The van der Waals surface area contributed by atoms with Crippen molar-refractivity contribution >= 4 is 5.91 Å². The number of nitrogens with zero attached hydrogens (tertiary/aromatic N) is 2. The van der Waals surface area contributed by atoms with Crippen LogP contribution in [-0.4, -0.2) is 49.7 Å². The Hall–Kier alpha value is -2.40. The first-order valence-corrected chi connectivity index (χ1v) is 9.50. The smallest absolute Gasteiger partial charge is 0.224 e. The molecule has 0 unspecified atom stereocenters. The van der Waals surface area contributed by atoms with Crippen LogP contribution in [0.2, 0.25) is 0 Å². The minimum atomic E-state index is 0.169. The Morgan fingerprint density at radius 2 is 2.07 bits per heavy atom. The fourth-order valence-electron chi connectivity index (χ4n) is 3.67. The summed E-state index contributed by atoms with van der Waals surface area (Å²) in [5, 5.41) is 0. The van der Waals surface area contributed by atoms with E-state index in [1.807, 2.05) is 30.0 Å². The quantitative estimate of drug-likeness (QED) is 0.778. The van der Waals surface area contributed by atoms with Gasteiger partial charge in [0.15, 0.2) is 0 Å². The summed E-state index contributed by atoms with van der Waals surface area (Å²) in [6.07, 6.45) is 2.51. The standard InChI is InChI=1S/C22H28N2O3/c1-16-12-19(17-6-4-8-20(13-17)27-3)14-21(23-16)18-7-5-10-24(15-18)22(25)9-11-26-2/h4,6,8,12-14,18H,5,7,9-11,15H2,1-3H3/t18-/m1/s1. The van der Waals surface area contributed by atoms with Crippen molar-refractivity contribution in [3.8, 4) is 16.9 Å². The number of rotatable bonds is 6. The molecule has 2 heterocycles. The van der Waals surface area contributed by atoms with Crippen LogP contribution >= 0.6 is 0 Å². The second kappa shape index (κ2) is 9.00. The molecule has 0 N–H and O–H groups in total. The minimum absolute atomic E-state index is 0.169. The Labute approximate surface area is 161 Å². The molecule has 0 aliphatic carbocycles. The first-order chi connectivity index (χ1) is 13.1. The van der Waals surface area contributed by atoms with Crippen LogP contribution < -0.4 is 4.74 Å². The minimum Gasteiger partial charge on any atom is -0.497 e. The Kier molecular flexibility index (Phi) is 6.45. The molecule has 1 aliphatic heterocycles. The lowest BCUT2D eigenvalue weighted by Gasteiger charge is -2.33. The largest absolute Gasteiger partial charge is 0.497 e. The maximum absolute atomic E-state index is 12.4. The molecule has 0 radical (unpaired) electrons. The van der Waals surface area contributed by atoms with Crippen molar-refractivity contribution < 1.29 is 14.3 Å². The van der Waals surface area contributed by atoms with Gasteiger partial charge >= 0.3 is 0 Å². The highest BCUT2D eigenvalue weighted by Crippen LogP contribution is 2.31. The lowest BCUT2D eigenvalue weighted by molar-refractivity contribution is -0.133. The van der Waals surface area contributed by atoms with Crippen LogP contribution in [0.5, 0.6) is 5.75 Å². The van der Waals surface area contributed by atoms with E-state index < -0.39 is 0 Å². The summed E-state index contributed by atoms with van der Waals surface area (Å²) in [7, 11) is 3.31. The number of carbonyl (C=O) groups excluding carboxylic acids is 1. The van der Waals surface area contributed by atoms with Gasteiger partial charge in [-0.1, -0.05) is 12.1 Å². The summed E-state index contributed by atoms with van der Waals surface area (Å²) in [5.74, 6) is 1.29. The maximum atomic E-state index is 12.4. The van der Waals surface area contributed by atoms with Crippen LogP contribution in [0.4, 0.5) is 0 Å². The van der Waals surface area contributed by atoms with E-state index in [9.17, 15) is 4.79 Å². The number of piperidine rings is 1. The summed E-state index contributed by atoms with van der Waals surface area (Å²) in [4.78, 5) is 19.1. The van der Waals surface area contributed by atoms with Gasteiger partial charge in [0, 0.05) is 37.5 Å². The van der Waals surface area contributed by atoms with E-state index in [2.05, 4.69) is 18.2 Å². The number of benzene rings is 1. The van der Waals surface area contributed by atoms with Gasteiger partial charge in [-0.25, -0.2) is 0 Å². The van der Waals surface area contributed by atoms with Gasteiger partial charge in [0.2, 0.25) is 5.91 Å². The van der Waals surface area contributed by atoms with Crippen LogP contribution in [0, 0.1) is 6.92 Å².